The van der Waals surface area contributed by atoms with E-state index in [1.54, 1.807) is 0 Å². The summed E-state index contributed by atoms with van der Waals surface area (Å²) < 4.78 is 22.9. The molecular weight excluding hydrogens is 275 g/mol. The molecule has 0 N–H and O–H groups in total. The lowest BCUT2D eigenvalue weighted by molar-refractivity contribution is -0.143. The van der Waals surface area contributed by atoms with E-state index in [2.05, 4.69) is 0 Å². The Morgan fingerprint density at radius 3 is 2.55 bits per heavy atom. The van der Waals surface area contributed by atoms with Crippen LogP contribution in [0.15, 0.2) is 24.3 Å². The maximum absolute atomic E-state index is 12.3. The van der Waals surface area contributed by atoms with Crippen LogP contribution in [0.2, 0.25) is 0 Å². The quantitative estimate of drug-likeness (QED) is 0.519. The van der Waals surface area contributed by atoms with Gasteiger partial charge in [-0.3, -0.25) is 4.79 Å². The fourth-order valence-corrected chi connectivity index (χ4v) is 3.09. The molecule has 0 heterocycles. The van der Waals surface area contributed by atoms with Crippen molar-refractivity contribution in [1.82, 2.24) is 0 Å². The molecule has 0 aliphatic carbocycles. The number of para-hydroxylation sites is 1. The van der Waals surface area contributed by atoms with E-state index in [1.807, 2.05) is 38.1 Å². The summed E-state index contributed by atoms with van der Waals surface area (Å²) in [4.78, 5) is 11.4. The van der Waals surface area contributed by atoms with Crippen LogP contribution in [0.1, 0.15) is 33.1 Å². The highest BCUT2D eigenvalue weighted by molar-refractivity contribution is 7.53. The van der Waals surface area contributed by atoms with Gasteiger partial charge in [0.05, 0.1) is 24.9 Å². The smallest absolute Gasteiger partial charge is 0.306 e. The van der Waals surface area contributed by atoms with E-state index in [0.29, 0.717) is 30.4 Å². The summed E-state index contributed by atoms with van der Waals surface area (Å²) in [5.41, 5.74) is 0. The van der Waals surface area contributed by atoms with E-state index >= 15 is 0 Å². The molecule has 0 saturated heterocycles. The van der Waals surface area contributed by atoms with Crippen LogP contribution in [0.3, 0.4) is 0 Å². The standard InChI is InChI=1S/C15H23O4P/c1-3-10-18-13-7-5-6-8-14(13)20(17)12-9-15(16)19-11-4-2/h5-8,20H,3-4,9-12H2,1-2H3. The van der Waals surface area contributed by atoms with Crippen molar-refractivity contribution in [3.63, 3.8) is 0 Å². The molecule has 0 bridgehead atoms. The molecule has 0 aromatic heterocycles. The number of carbonyl (C=O) groups excluding carboxylic acids is 1. The largest absolute Gasteiger partial charge is 0.493 e. The Morgan fingerprint density at radius 2 is 1.85 bits per heavy atom. The Kier molecular flexibility index (Phi) is 8.05. The predicted molar refractivity (Wildman–Crippen MR) is 81.6 cm³/mol. The third kappa shape index (κ3) is 5.79. The molecule has 1 unspecified atom stereocenters. The van der Waals surface area contributed by atoms with Crippen LogP contribution in [-0.4, -0.2) is 25.3 Å². The Hall–Kier alpha value is -1.28. The Labute approximate surface area is 121 Å². The highest BCUT2D eigenvalue weighted by Gasteiger charge is 2.12. The number of carbonyl (C=O) groups is 1. The van der Waals surface area contributed by atoms with Gasteiger partial charge in [-0.2, -0.15) is 0 Å². The minimum absolute atomic E-state index is 0.194. The van der Waals surface area contributed by atoms with E-state index < -0.39 is 7.80 Å². The molecule has 20 heavy (non-hydrogen) atoms. The van der Waals surface area contributed by atoms with Crippen LogP contribution >= 0.6 is 7.80 Å². The monoisotopic (exact) mass is 298 g/mol. The molecule has 0 amide bonds. The van der Waals surface area contributed by atoms with E-state index in [0.717, 1.165) is 12.8 Å². The van der Waals surface area contributed by atoms with Gasteiger partial charge in [-0.15, -0.1) is 0 Å². The molecule has 1 aromatic rings. The van der Waals surface area contributed by atoms with Gasteiger partial charge in [-0.25, -0.2) is 0 Å². The molecule has 1 aromatic carbocycles. The van der Waals surface area contributed by atoms with Crippen molar-refractivity contribution in [2.75, 3.05) is 19.4 Å². The molecule has 1 rings (SSSR count). The van der Waals surface area contributed by atoms with Gasteiger partial charge in [0.2, 0.25) is 0 Å². The maximum atomic E-state index is 12.3. The minimum Gasteiger partial charge on any atom is -0.493 e. The molecule has 1 atom stereocenters. The van der Waals surface area contributed by atoms with Gasteiger partial charge in [0, 0.05) is 6.16 Å². The average molecular weight is 298 g/mol. The molecule has 0 aliphatic heterocycles. The van der Waals surface area contributed by atoms with Crippen LogP contribution < -0.4 is 10.0 Å². The van der Waals surface area contributed by atoms with Crippen molar-refractivity contribution in [3.05, 3.63) is 24.3 Å². The Bertz CT molecular complexity index is 445. The SMILES string of the molecule is CCCOC(=O)CC[PH](=O)c1ccccc1OCCC. The third-order valence-electron chi connectivity index (χ3n) is 2.67. The van der Waals surface area contributed by atoms with Crippen molar-refractivity contribution >= 4 is 19.1 Å². The number of hydrogen-bond donors (Lipinski definition) is 0. The first-order valence-electron chi connectivity index (χ1n) is 7.09. The van der Waals surface area contributed by atoms with Gasteiger partial charge in [-0.1, -0.05) is 26.0 Å². The zero-order valence-corrected chi connectivity index (χ0v) is 13.2. The van der Waals surface area contributed by atoms with Gasteiger partial charge in [0.1, 0.15) is 13.6 Å². The van der Waals surface area contributed by atoms with Crippen molar-refractivity contribution in [2.24, 2.45) is 0 Å². The summed E-state index contributed by atoms with van der Waals surface area (Å²) in [6.07, 6.45) is 2.23. The van der Waals surface area contributed by atoms with Gasteiger partial charge in [0.15, 0.2) is 0 Å². The molecular formula is C15H23O4P. The van der Waals surface area contributed by atoms with E-state index in [-0.39, 0.29) is 12.4 Å². The van der Waals surface area contributed by atoms with Crippen LogP contribution in [0, 0.1) is 0 Å². The maximum Gasteiger partial charge on any atom is 0.306 e. The first kappa shape index (κ1) is 16.8. The van der Waals surface area contributed by atoms with E-state index in [1.165, 1.54) is 0 Å². The summed E-state index contributed by atoms with van der Waals surface area (Å²) in [7, 11) is -2.02. The van der Waals surface area contributed by atoms with E-state index in [9.17, 15) is 9.36 Å². The number of rotatable bonds is 9. The molecule has 5 heteroatoms. The second-order valence-electron chi connectivity index (χ2n) is 4.49. The number of esters is 1. The Balaban J connectivity index is 2.56. The lowest BCUT2D eigenvalue weighted by Crippen LogP contribution is -2.10. The molecule has 0 spiro atoms. The first-order valence-corrected chi connectivity index (χ1v) is 8.71. The highest BCUT2D eigenvalue weighted by atomic mass is 31.1. The van der Waals surface area contributed by atoms with Crippen LogP contribution in [0.5, 0.6) is 5.75 Å². The normalized spacial score (nSPS) is 11.9. The summed E-state index contributed by atoms with van der Waals surface area (Å²) in [6.45, 7) is 4.99. The van der Waals surface area contributed by atoms with Crippen molar-refractivity contribution < 1.29 is 18.8 Å². The summed E-state index contributed by atoms with van der Waals surface area (Å²) in [5, 5.41) is 0.717. The summed E-state index contributed by atoms with van der Waals surface area (Å²) in [6, 6.07) is 7.33. The molecule has 4 nitrogen and oxygen atoms in total. The average Bonchev–Trinajstić information content (AvgIpc) is 2.48. The lowest BCUT2D eigenvalue weighted by atomic mass is 10.3. The highest BCUT2D eigenvalue weighted by Crippen LogP contribution is 2.27. The molecule has 0 saturated carbocycles. The zero-order valence-electron chi connectivity index (χ0n) is 12.2. The van der Waals surface area contributed by atoms with Crippen LogP contribution in [0.4, 0.5) is 0 Å². The second kappa shape index (κ2) is 9.60. The van der Waals surface area contributed by atoms with Crippen molar-refractivity contribution in [2.45, 2.75) is 33.1 Å². The summed E-state index contributed by atoms with van der Waals surface area (Å²) >= 11 is 0. The van der Waals surface area contributed by atoms with Crippen LogP contribution in [-0.2, 0) is 14.1 Å². The van der Waals surface area contributed by atoms with Gasteiger partial charge in [-0.05, 0) is 25.0 Å². The lowest BCUT2D eigenvalue weighted by Gasteiger charge is -2.10. The number of hydrogen-bond acceptors (Lipinski definition) is 4. The van der Waals surface area contributed by atoms with Crippen molar-refractivity contribution in [3.8, 4) is 5.75 Å². The molecule has 112 valence electrons. The van der Waals surface area contributed by atoms with Gasteiger partial charge in [0.25, 0.3) is 0 Å². The molecule has 0 radical (unpaired) electrons. The van der Waals surface area contributed by atoms with Crippen LogP contribution in [0.25, 0.3) is 0 Å². The number of ether oxygens (including phenoxy) is 2. The zero-order chi connectivity index (χ0) is 14.8. The van der Waals surface area contributed by atoms with Crippen molar-refractivity contribution in [1.29, 1.82) is 0 Å². The topological polar surface area (TPSA) is 52.6 Å². The third-order valence-corrected chi connectivity index (χ3v) is 4.39. The minimum atomic E-state index is -2.02. The second-order valence-corrected chi connectivity index (χ2v) is 6.37. The molecule has 0 fully saturated rings. The summed E-state index contributed by atoms with van der Waals surface area (Å²) in [5.74, 6) is 0.386. The van der Waals surface area contributed by atoms with Gasteiger partial charge >= 0.3 is 5.97 Å². The predicted octanol–water partition coefficient (Wildman–Crippen LogP) is 3.00. The molecule has 0 aliphatic rings. The fourth-order valence-electron chi connectivity index (χ4n) is 1.67. The fraction of sp³-hybridized carbons (Fsp3) is 0.533. The number of benzene rings is 1. The first-order chi connectivity index (χ1) is 9.69. The van der Waals surface area contributed by atoms with E-state index in [4.69, 9.17) is 9.47 Å². The Morgan fingerprint density at radius 1 is 1.15 bits per heavy atom. The van der Waals surface area contributed by atoms with Gasteiger partial charge < -0.3 is 14.0 Å².